The number of imidazole rings is 1. The second-order valence-electron chi connectivity index (χ2n) is 7.84. The van der Waals surface area contributed by atoms with Crippen LogP contribution in [0.15, 0.2) is 53.7 Å². The first-order chi connectivity index (χ1) is 15.1. The van der Waals surface area contributed by atoms with E-state index in [1.807, 2.05) is 57.8 Å². The van der Waals surface area contributed by atoms with E-state index in [2.05, 4.69) is 5.32 Å². The number of thioether (sulfide) groups is 1. The monoisotopic (exact) mass is 433 g/mol. The predicted molar refractivity (Wildman–Crippen MR) is 122 cm³/mol. The summed E-state index contributed by atoms with van der Waals surface area (Å²) in [6.07, 6.45) is 1.80. The number of hydrogen-bond acceptors (Lipinski definition) is 5. The number of likely N-dealkylation sites (tertiary alicyclic amines) is 1. The molecule has 1 fully saturated rings. The molecule has 0 radical (unpaired) electrons. The van der Waals surface area contributed by atoms with Gasteiger partial charge in [0.1, 0.15) is 5.65 Å². The van der Waals surface area contributed by atoms with E-state index in [9.17, 15) is 9.59 Å². The highest BCUT2D eigenvalue weighted by Gasteiger charge is 2.24. The predicted octanol–water partition coefficient (Wildman–Crippen LogP) is 3.25. The number of benzene rings is 2. The summed E-state index contributed by atoms with van der Waals surface area (Å²) in [7, 11) is 0. The molecule has 0 saturated carbocycles. The van der Waals surface area contributed by atoms with Crippen LogP contribution < -0.4 is 5.32 Å². The van der Waals surface area contributed by atoms with Gasteiger partial charge in [-0.05, 0) is 37.1 Å². The fourth-order valence-corrected chi connectivity index (χ4v) is 5.15. The van der Waals surface area contributed by atoms with E-state index in [0.29, 0.717) is 12.3 Å². The highest BCUT2D eigenvalue weighted by molar-refractivity contribution is 7.99. The molecule has 8 heteroatoms. The van der Waals surface area contributed by atoms with Crippen molar-refractivity contribution in [1.29, 1.82) is 0 Å². The van der Waals surface area contributed by atoms with Crippen molar-refractivity contribution in [3.63, 3.8) is 0 Å². The molecule has 2 amide bonds. The first-order valence-corrected chi connectivity index (χ1v) is 11.4. The smallest absolute Gasteiger partial charge is 0.233 e. The highest BCUT2D eigenvalue weighted by Crippen LogP contribution is 2.29. The molecular weight excluding hydrogens is 410 g/mol. The number of carbonyl (C=O) groups excluding carboxylic acids is 2. The number of amides is 2. The number of hydrogen-bond donors (Lipinski definition) is 1. The zero-order valence-corrected chi connectivity index (χ0v) is 18.1. The van der Waals surface area contributed by atoms with Crippen LogP contribution in [0.4, 0.5) is 0 Å². The van der Waals surface area contributed by atoms with Crippen LogP contribution in [0.1, 0.15) is 19.8 Å². The van der Waals surface area contributed by atoms with Gasteiger partial charge in [-0.1, -0.05) is 36.0 Å². The molecule has 0 spiro atoms. The summed E-state index contributed by atoms with van der Waals surface area (Å²) in [4.78, 5) is 35.9. The lowest BCUT2D eigenvalue weighted by atomic mass is 10.1. The number of piperidine rings is 1. The number of carbonyl (C=O) groups is 2. The van der Waals surface area contributed by atoms with Crippen molar-refractivity contribution < 1.29 is 9.59 Å². The van der Waals surface area contributed by atoms with Crippen molar-refractivity contribution in [2.45, 2.75) is 31.0 Å². The normalized spacial score (nSPS) is 16.8. The molecule has 0 bridgehead atoms. The number of rotatable bonds is 4. The Morgan fingerprint density at radius 1 is 1.10 bits per heavy atom. The minimum Gasteiger partial charge on any atom is -0.352 e. The van der Waals surface area contributed by atoms with Gasteiger partial charge in [-0.2, -0.15) is 0 Å². The number of fused-ring (bicyclic) bond motifs is 5. The molecule has 4 aromatic rings. The third-order valence-corrected chi connectivity index (χ3v) is 6.54. The van der Waals surface area contributed by atoms with Crippen LogP contribution in [-0.4, -0.2) is 56.0 Å². The van der Waals surface area contributed by atoms with Gasteiger partial charge < -0.3 is 10.2 Å². The van der Waals surface area contributed by atoms with Crippen LogP contribution in [0.3, 0.4) is 0 Å². The maximum Gasteiger partial charge on any atom is 0.233 e. The van der Waals surface area contributed by atoms with E-state index in [4.69, 9.17) is 9.97 Å². The quantitative estimate of drug-likeness (QED) is 0.395. The molecule has 158 valence electrons. The third-order valence-electron chi connectivity index (χ3n) is 5.62. The molecule has 2 aromatic heterocycles. The van der Waals surface area contributed by atoms with Crippen LogP contribution >= 0.6 is 11.8 Å². The summed E-state index contributed by atoms with van der Waals surface area (Å²) in [6, 6.07) is 16.0. The first kappa shape index (κ1) is 19.8. The summed E-state index contributed by atoms with van der Waals surface area (Å²) in [5.41, 5.74) is 3.60. The fourth-order valence-electron chi connectivity index (χ4n) is 4.24. The molecule has 31 heavy (non-hydrogen) atoms. The van der Waals surface area contributed by atoms with Crippen molar-refractivity contribution in [2.24, 2.45) is 0 Å². The Labute approximate surface area is 183 Å². The second-order valence-corrected chi connectivity index (χ2v) is 8.78. The molecule has 5 rings (SSSR count). The lowest BCUT2D eigenvalue weighted by Crippen LogP contribution is -2.49. The highest BCUT2D eigenvalue weighted by atomic mass is 32.2. The number of para-hydroxylation sites is 3. The Hall–Kier alpha value is -3.13. The third kappa shape index (κ3) is 3.83. The zero-order chi connectivity index (χ0) is 21.4. The first-order valence-electron chi connectivity index (χ1n) is 10.4. The number of aromatic nitrogens is 3. The zero-order valence-electron chi connectivity index (χ0n) is 17.2. The van der Waals surface area contributed by atoms with Gasteiger partial charge in [-0.25, -0.2) is 9.97 Å². The average Bonchev–Trinajstić information content (AvgIpc) is 3.17. The van der Waals surface area contributed by atoms with E-state index >= 15 is 0 Å². The molecule has 2 aromatic carbocycles. The Morgan fingerprint density at radius 2 is 1.87 bits per heavy atom. The van der Waals surface area contributed by atoms with Gasteiger partial charge in [0.25, 0.3) is 0 Å². The second kappa shape index (κ2) is 8.19. The van der Waals surface area contributed by atoms with E-state index in [1.165, 1.54) is 18.7 Å². The minimum atomic E-state index is -0.0524. The van der Waals surface area contributed by atoms with Gasteiger partial charge in [0.05, 0.1) is 22.3 Å². The SMILES string of the molecule is CC(=O)NC1CCCN(C(=O)CSc2nc3ccccc3c3nc4ccccc4n23)C1. The lowest BCUT2D eigenvalue weighted by Gasteiger charge is -2.33. The summed E-state index contributed by atoms with van der Waals surface area (Å²) < 4.78 is 2.05. The van der Waals surface area contributed by atoms with Crippen LogP contribution in [0, 0.1) is 0 Å². The van der Waals surface area contributed by atoms with Crippen LogP contribution in [-0.2, 0) is 9.59 Å². The maximum atomic E-state index is 12.9. The maximum absolute atomic E-state index is 12.9. The molecule has 1 unspecified atom stereocenters. The van der Waals surface area contributed by atoms with E-state index < -0.39 is 0 Å². The van der Waals surface area contributed by atoms with Crippen molar-refractivity contribution in [2.75, 3.05) is 18.8 Å². The molecule has 1 N–H and O–H groups in total. The standard InChI is InChI=1S/C23H23N5O2S/c1-15(29)24-16-7-6-12-27(13-16)21(30)14-31-23-26-18-9-3-2-8-17(18)22-25-19-10-4-5-11-20(19)28(22)23/h2-5,8-11,16H,6-7,12-14H2,1H3,(H,24,29). The minimum absolute atomic E-state index is 0.0308. The van der Waals surface area contributed by atoms with Gasteiger partial charge in [0, 0.05) is 31.4 Å². The summed E-state index contributed by atoms with van der Waals surface area (Å²) >= 11 is 1.43. The van der Waals surface area contributed by atoms with Gasteiger partial charge in [-0.15, -0.1) is 0 Å². The lowest BCUT2D eigenvalue weighted by molar-refractivity contribution is -0.130. The van der Waals surface area contributed by atoms with Gasteiger partial charge in [-0.3, -0.25) is 14.0 Å². The largest absolute Gasteiger partial charge is 0.352 e. The van der Waals surface area contributed by atoms with Gasteiger partial charge in [0.2, 0.25) is 11.8 Å². The van der Waals surface area contributed by atoms with E-state index in [1.54, 1.807) is 0 Å². The summed E-state index contributed by atoms with van der Waals surface area (Å²) in [6.45, 7) is 2.81. The van der Waals surface area contributed by atoms with Gasteiger partial charge >= 0.3 is 0 Å². The van der Waals surface area contributed by atoms with Crippen LogP contribution in [0.5, 0.6) is 0 Å². The Morgan fingerprint density at radius 3 is 2.71 bits per heavy atom. The summed E-state index contributed by atoms with van der Waals surface area (Å²) in [5.74, 6) is 0.302. The molecule has 7 nitrogen and oxygen atoms in total. The number of nitrogens with one attached hydrogen (secondary N) is 1. The molecule has 0 aliphatic carbocycles. The Bertz CT molecular complexity index is 1300. The fraction of sp³-hybridized carbons (Fsp3) is 0.304. The van der Waals surface area contributed by atoms with E-state index in [-0.39, 0.29) is 17.9 Å². The van der Waals surface area contributed by atoms with E-state index in [0.717, 1.165) is 52.1 Å². The molecule has 3 heterocycles. The van der Waals surface area contributed by atoms with Crippen LogP contribution in [0.2, 0.25) is 0 Å². The average molecular weight is 434 g/mol. The molecule has 1 atom stereocenters. The van der Waals surface area contributed by atoms with Crippen molar-refractivity contribution >= 4 is 51.2 Å². The molecule has 1 aliphatic heterocycles. The molecule has 1 saturated heterocycles. The van der Waals surface area contributed by atoms with Crippen molar-refractivity contribution in [3.05, 3.63) is 48.5 Å². The van der Waals surface area contributed by atoms with Gasteiger partial charge in [0.15, 0.2) is 5.16 Å². The topological polar surface area (TPSA) is 79.6 Å². The Kier molecular flexibility index (Phi) is 5.23. The molecular formula is C23H23N5O2S. The summed E-state index contributed by atoms with van der Waals surface area (Å²) in [5, 5.41) is 4.68. The number of nitrogens with zero attached hydrogens (tertiary/aromatic N) is 4. The van der Waals surface area contributed by atoms with Crippen molar-refractivity contribution in [3.8, 4) is 0 Å². The Balaban J connectivity index is 1.44. The van der Waals surface area contributed by atoms with Crippen molar-refractivity contribution in [1.82, 2.24) is 24.6 Å². The van der Waals surface area contributed by atoms with Crippen LogP contribution in [0.25, 0.3) is 27.6 Å². The molecule has 1 aliphatic rings.